The minimum Gasteiger partial charge on any atom is -0.493 e. The van der Waals surface area contributed by atoms with Crippen molar-refractivity contribution in [1.29, 1.82) is 5.26 Å². The average Bonchev–Trinajstić information content (AvgIpc) is 2.53. The van der Waals surface area contributed by atoms with Gasteiger partial charge in [0.2, 0.25) is 0 Å². The Labute approximate surface area is 132 Å². The fourth-order valence-electron chi connectivity index (χ4n) is 2.33. The quantitative estimate of drug-likeness (QED) is 0.791. The largest absolute Gasteiger partial charge is 0.493 e. The van der Waals surface area contributed by atoms with E-state index in [0.717, 1.165) is 25.3 Å². The first-order valence-corrected chi connectivity index (χ1v) is 7.59. The molecule has 1 N–H and O–H groups in total. The van der Waals surface area contributed by atoms with Crippen molar-refractivity contribution in [2.45, 2.75) is 26.8 Å². The molecule has 2 aromatic rings. The number of hydrogen-bond donors (Lipinski definition) is 1. The summed E-state index contributed by atoms with van der Waals surface area (Å²) in [6.07, 6.45) is 0.962. The zero-order valence-corrected chi connectivity index (χ0v) is 13.2. The smallest absolute Gasteiger partial charge is 0.125 e. The maximum absolute atomic E-state index is 8.76. The van der Waals surface area contributed by atoms with Gasteiger partial charge >= 0.3 is 0 Å². The lowest BCUT2D eigenvalue weighted by Gasteiger charge is -2.12. The summed E-state index contributed by atoms with van der Waals surface area (Å²) in [7, 11) is 0. The number of benzene rings is 2. The van der Waals surface area contributed by atoms with Crippen molar-refractivity contribution < 1.29 is 4.74 Å². The van der Waals surface area contributed by atoms with Crippen LogP contribution in [0.25, 0.3) is 0 Å². The predicted molar refractivity (Wildman–Crippen MR) is 88.9 cm³/mol. The molecular formula is C19H22N2O. The van der Waals surface area contributed by atoms with Gasteiger partial charge in [0.1, 0.15) is 5.75 Å². The molecule has 114 valence electrons. The number of rotatable bonds is 7. The third kappa shape index (κ3) is 4.61. The number of nitrogens with zero attached hydrogens (tertiary/aromatic N) is 1. The second-order valence-electron chi connectivity index (χ2n) is 5.41. The second-order valence-corrected chi connectivity index (χ2v) is 5.41. The highest BCUT2D eigenvalue weighted by molar-refractivity contribution is 5.39. The molecule has 0 bridgehead atoms. The molecule has 0 unspecified atom stereocenters. The number of aryl methyl sites for hydroxylation is 2. The van der Waals surface area contributed by atoms with Crippen molar-refractivity contribution in [2.75, 3.05) is 13.2 Å². The van der Waals surface area contributed by atoms with Gasteiger partial charge in [0, 0.05) is 6.54 Å². The number of hydrogen-bond acceptors (Lipinski definition) is 3. The van der Waals surface area contributed by atoms with E-state index in [1.54, 1.807) is 0 Å². The van der Waals surface area contributed by atoms with Crippen LogP contribution >= 0.6 is 0 Å². The van der Waals surface area contributed by atoms with Crippen molar-refractivity contribution in [2.24, 2.45) is 0 Å². The number of nitriles is 1. The van der Waals surface area contributed by atoms with Crippen LogP contribution in [-0.2, 0) is 6.54 Å². The molecule has 0 aliphatic carbocycles. The maximum atomic E-state index is 8.76. The Morgan fingerprint density at radius 2 is 1.73 bits per heavy atom. The van der Waals surface area contributed by atoms with Crippen molar-refractivity contribution in [3.63, 3.8) is 0 Å². The van der Waals surface area contributed by atoms with E-state index in [1.807, 2.05) is 24.3 Å². The monoisotopic (exact) mass is 294 g/mol. The highest BCUT2D eigenvalue weighted by Gasteiger charge is 2.02. The van der Waals surface area contributed by atoms with Crippen LogP contribution in [0.1, 0.15) is 28.7 Å². The first-order valence-electron chi connectivity index (χ1n) is 7.59. The van der Waals surface area contributed by atoms with Gasteiger partial charge in [-0.2, -0.15) is 5.26 Å². The summed E-state index contributed by atoms with van der Waals surface area (Å²) in [5.41, 5.74) is 4.26. The summed E-state index contributed by atoms with van der Waals surface area (Å²) in [5, 5.41) is 12.1. The van der Waals surface area contributed by atoms with Crippen LogP contribution in [-0.4, -0.2) is 13.2 Å². The number of nitrogens with one attached hydrogen (secondary N) is 1. The molecule has 0 radical (unpaired) electrons. The minimum absolute atomic E-state index is 0.700. The molecule has 3 nitrogen and oxygen atoms in total. The molecule has 0 atom stereocenters. The molecule has 0 aliphatic rings. The van der Waals surface area contributed by atoms with Gasteiger partial charge in [-0.3, -0.25) is 0 Å². The Kier molecular flexibility index (Phi) is 6.00. The lowest BCUT2D eigenvalue weighted by molar-refractivity contribution is 0.304. The molecule has 0 spiro atoms. The van der Waals surface area contributed by atoms with Gasteiger partial charge in [-0.1, -0.05) is 30.3 Å². The summed E-state index contributed by atoms with van der Waals surface area (Å²) in [4.78, 5) is 0. The molecule has 2 aromatic carbocycles. The Hall–Kier alpha value is -2.31. The van der Waals surface area contributed by atoms with Crippen LogP contribution < -0.4 is 10.1 Å². The van der Waals surface area contributed by atoms with Gasteiger partial charge in [-0.15, -0.1) is 0 Å². The normalized spacial score (nSPS) is 10.2. The van der Waals surface area contributed by atoms with Crippen LogP contribution in [0.5, 0.6) is 5.75 Å². The van der Waals surface area contributed by atoms with E-state index >= 15 is 0 Å². The van der Waals surface area contributed by atoms with Gasteiger partial charge in [0.05, 0.1) is 18.2 Å². The van der Waals surface area contributed by atoms with E-state index in [9.17, 15) is 0 Å². The van der Waals surface area contributed by atoms with Crippen molar-refractivity contribution >= 4 is 0 Å². The highest BCUT2D eigenvalue weighted by Crippen LogP contribution is 2.22. The van der Waals surface area contributed by atoms with Gasteiger partial charge < -0.3 is 10.1 Å². The van der Waals surface area contributed by atoms with E-state index in [2.05, 4.69) is 43.4 Å². The minimum atomic E-state index is 0.700. The van der Waals surface area contributed by atoms with E-state index in [1.165, 1.54) is 16.7 Å². The first-order chi connectivity index (χ1) is 10.7. The van der Waals surface area contributed by atoms with Crippen LogP contribution in [0.3, 0.4) is 0 Å². The molecule has 0 heterocycles. The highest BCUT2D eigenvalue weighted by atomic mass is 16.5. The van der Waals surface area contributed by atoms with Gasteiger partial charge in [-0.25, -0.2) is 0 Å². The molecule has 0 fully saturated rings. The summed E-state index contributed by atoms with van der Waals surface area (Å²) in [5.74, 6) is 1.01. The van der Waals surface area contributed by atoms with Crippen LogP contribution in [0.4, 0.5) is 0 Å². The molecule has 3 heteroatoms. The second kappa shape index (κ2) is 8.21. The predicted octanol–water partition coefficient (Wildman–Crippen LogP) is 3.73. The Balaban J connectivity index is 1.66. The average molecular weight is 294 g/mol. The molecule has 0 saturated heterocycles. The van der Waals surface area contributed by atoms with Gasteiger partial charge in [0.25, 0.3) is 0 Å². The van der Waals surface area contributed by atoms with E-state index < -0.39 is 0 Å². The van der Waals surface area contributed by atoms with Gasteiger partial charge in [0.15, 0.2) is 0 Å². The Morgan fingerprint density at radius 1 is 1.05 bits per heavy atom. The van der Waals surface area contributed by atoms with E-state index in [0.29, 0.717) is 12.2 Å². The van der Waals surface area contributed by atoms with Crippen molar-refractivity contribution in [1.82, 2.24) is 5.32 Å². The fraction of sp³-hybridized carbons (Fsp3) is 0.316. The molecule has 2 rings (SSSR count). The molecule has 22 heavy (non-hydrogen) atoms. The zero-order valence-electron chi connectivity index (χ0n) is 13.2. The van der Waals surface area contributed by atoms with Crippen LogP contribution in [0, 0.1) is 25.2 Å². The molecule has 0 amide bonds. The molecular weight excluding hydrogens is 272 g/mol. The first kappa shape index (κ1) is 16.1. The van der Waals surface area contributed by atoms with Crippen molar-refractivity contribution in [3.8, 4) is 11.8 Å². The van der Waals surface area contributed by atoms with Crippen molar-refractivity contribution in [3.05, 3.63) is 64.7 Å². The summed E-state index contributed by atoms with van der Waals surface area (Å²) < 4.78 is 5.87. The standard InChI is InChI=1S/C19H22N2O/c1-15-5-3-6-16(2)19(15)22-12-4-11-21-14-18-9-7-17(13-20)8-10-18/h3,5-10,21H,4,11-12,14H2,1-2H3. The molecule has 0 aromatic heterocycles. The van der Waals surface area contributed by atoms with Crippen LogP contribution in [0.15, 0.2) is 42.5 Å². The van der Waals surface area contributed by atoms with E-state index in [4.69, 9.17) is 10.00 Å². The summed E-state index contributed by atoms with van der Waals surface area (Å²) in [6.45, 7) is 6.59. The Morgan fingerprint density at radius 3 is 2.36 bits per heavy atom. The summed E-state index contributed by atoms with van der Waals surface area (Å²) >= 11 is 0. The Bertz CT molecular complexity index is 621. The van der Waals surface area contributed by atoms with Gasteiger partial charge in [-0.05, 0) is 55.6 Å². The van der Waals surface area contributed by atoms with E-state index in [-0.39, 0.29) is 0 Å². The zero-order chi connectivity index (χ0) is 15.8. The SMILES string of the molecule is Cc1cccc(C)c1OCCCNCc1ccc(C#N)cc1. The fourth-order valence-corrected chi connectivity index (χ4v) is 2.33. The topological polar surface area (TPSA) is 45.0 Å². The lowest BCUT2D eigenvalue weighted by atomic mass is 10.1. The third-order valence-corrected chi connectivity index (χ3v) is 3.57. The molecule has 0 saturated carbocycles. The number of para-hydroxylation sites is 1. The summed E-state index contributed by atoms with van der Waals surface area (Å²) in [6, 6.07) is 16.0. The maximum Gasteiger partial charge on any atom is 0.125 e. The molecule has 0 aliphatic heterocycles. The third-order valence-electron chi connectivity index (χ3n) is 3.57. The number of ether oxygens (including phenoxy) is 1. The lowest BCUT2D eigenvalue weighted by Crippen LogP contribution is -2.17. The van der Waals surface area contributed by atoms with Crippen LogP contribution in [0.2, 0.25) is 0 Å².